The number of carbonyl (C=O) groups excluding carboxylic acids is 1. The van der Waals surface area contributed by atoms with Gasteiger partial charge in [0.05, 0.1) is 0 Å². The van der Waals surface area contributed by atoms with Crippen molar-refractivity contribution in [3.05, 3.63) is 48.0 Å². The molecule has 0 aliphatic heterocycles. The van der Waals surface area contributed by atoms with Gasteiger partial charge in [-0.2, -0.15) is 0 Å². The van der Waals surface area contributed by atoms with E-state index >= 15 is 0 Å². The van der Waals surface area contributed by atoms with Crippen LogP contribution in [0.5, 0.6) is 0 Å². The van der Waals surface area contributed by atoms with Crippen molar-refractivity contribution in [2.24, 2.45) is 11.5 Å². The lowest BCUT2D eigenvalue weighted by atomic mass is 10.0. The molecule has 0 radical (unpaired) electrons. The Morgan fingerprint density at radius 2 is 1.57 bits per heavy atom. The Morgan fingerprint density at radius 1 is 0.957 bits per heavy atom. The third kappa shape index (κ3) is 7.37. The summed E-state index contributed by atoms with van der Waals surface area (Å²) in [6.07, 6.45) is 3.62. The third-order valence-electron chi connectivity index (χ3n) is 3.67. The van der Waals surface area contributed by atoms with Gasteiger partial charge in [0.15, 0.2) is 0 Å². The van der Waals surface area contributed by atoms with Crippen molar-refractivity contribution in [3.63, 3.8) is 0 Å². The lowest BCUT2D eigenvalue weighted by Gasteiger charge is -2.14. The smallest absolute Gasteiger partial charge is 0.124 e. The normalized spacial score (nSPS) is 10.4. The van der Waals surface area contributed by atoms with E-state index < -0.39 is 0 Å². The Kier molecular flexibility index (Phi) is 9.87. The number of nitrogens with two attached hydrogens (primary N) is 2. The predicted octanol–water partition coefficient (Wildman–Crippen LogP) is 2.20. The van der Waals surface area contributed by atoms with E-state index in [1.54, 1.807) is 0 Å². The van der Waals surface area contributed by atoms with Crippen molar-refractivity contribution < 1.29 is 4.79 Å². The van der Waals surface area contributed by atoms with Gasteiger partial charge in [0, 0.05) is 6.42 Å². The van der Waals surface area contributed by atoms with E-state index in [9.17, 15) is 4.79 Å². The first-order valence-corrected chi connectivity index (χ1v) is 8.22. The minimum Gasteiger partial charge on any atom is -0.330 e. The lowest BCUT2D eigenvalue weighted by molar-refractivity contribution is -0.107. The lowest BCUT2D eigenvalue weighted by Crippen LogP contribution is -2.24. The fourth-order valence-electron chi connectivity index (χ4n) is 2.39. The number of rotatable bonds is 8. The molecule has 0 aromatic heterocycles. The van der Waals surface area contributed by atoms with Gasteiger partial charge in [0.1, 0.15) is 6.29 Å². The molecule has 126 valence electrons. The molecule has 0 aliphatic rings. The summed E-state index contributed by atoms with van der Waals surface area (Å²) in [7, 11) is 2.10. The predicted molar refractivity (Wildman–Crippen MR) is 98.6 cm³/mol. The highest BCUT2D eigenvalue weighted by Crippen LogP contribution is 2.17. The SMILES string of the molecule is CN(CCCN)CCCN.O=CCc1cccc2ccccc12. The van der Waals surface area contributed by atoms with Crippen LogP contribution in [0.2, 0.25) is 0 Å². The molecule has 23 heavy (non-hydrogen) atoms. The summed E-state index contributed by atoms with van der Waals surface area (Å²) in [6.45, 7) is 3.76. The standard InChI is InChI=1S/C12H10O.C7H19N3/c13-9-8-11-6-3-5-10-4-1-2-7-12(10)11;1-10(6-2-4-8)7-3-5-9/h1-7,9H,8H2;2-9H2,1H3. The van der Waals surface area contributed by atoms with E-state index in [1.807, 2.05) is 30.3 Å². The van der Waals surface area contributed by atoms with Crippen LogP contribution in [0, 0.1) is 0 Å². The van der Waals surface area contributed by atoms with Crippen molar-refractivity contribution in [2.75, 3.05) is 33.2 Å². The molecule has 0 saturated carbocycles. The summed E-state index contributed by atoms with van der Waals surface area (Å²) in [5.74, 6) is 0. The highest BCUT2D eigenvalue weighted by molar-refractivity contribution is 5.87. The van der Waals surface area contributed by atoms with Gasteiger partial charge in [-0.1, -0.05) is 42.5 Å². The number of hydrogen-bond acceptors (Lipinski definition) is 4. The van der Waals surface area contributed by atoms with Crippen LogP contribution in [0.15, 0.2) is 42.5 Å². The fourth-order valence-corrected chi connectivity index (χ4v) is 2.39. The van der Waals surface area contributed by atoms with Gasteiger partial charge in [-0.15, -0.1) is 0 Å². The summed E-state index contributed by atoms with van der Waals surface area (Å²) in [5, 5.41) is 2.37. The van der Waals surface area contributed by atoms with Crippen LogP contribution in [0.1, 0.15) is 18.4 Å². The van der Waals surface area contributed by atoms with Crippen molar-refractivity contribution >= 4 is 17.1 Å². The largest absolute Gasteiger partial charge is 0.330 e. The minimum atomic E-state index is 0.501. The first-order chi connectivity index (χ1) is 11.2. The van der Waals surface area contributed by atoms with E-state index in [-0.39, 0.29) is 0 Å². The molecule has 4 nitrogen and oxygen atoms in total. The fraction of sp³-hybridized carbons (Fsp3) is 0.421. The maximum atomic E-state index is 10.4. The number of nitrogens with zero attached hydrogens (tertiary/aromatic N) is 1. The molecule has 4 heteroatoms. The number of carbonyl (C=O) groups is 1. The Bertz CT molecular complexity index is 558. The summed E-state index contributed by atoms with van der Waals surface area (Å²) >= 11 is 0. The molecule has 0 spiro atoms. The molecule has 2 aromatic carbocycles. The zero-order chi connectivity index (χ0) is 16.9. The van der Waals surface area contributed by atoms with Crippen LogP contribution in [-0.2, 0) is 11.2 Å². The molecule has 0 aliphatic carbocycles. The molecule has 0 atom stereocenters. The second-order valence-corrected chi connectivity index (χ2v) is 5.60. The quantitative estimate of drug-likeness (QED) is 0.733. The van der Waals surface area contributed by atoms with Crippen molar-refractivity contribution in [2.45, 2.75) is 19.3 Å². The van der Waals surface area contributed by atoms with Crippen LogP contribution < -0.4 is 11.5 Å². The molecule has 2 aromatic rings. The zero-order valence-electron chi connectivity index (χ0n) is 14.1. The molecule has 0 fully saturated rings. The molecule has 0 amide bonds. The van der Waals surface area contributed by atoms with E-state index in [0.717, 1.165) is 50.9 Å². The molecule has 0 saturated heterocycles. The van der Waals surface area contributed by atoms with Gasteiger partial charge in [0.25, 0.3) is 0 Å². The first-order valence-electron chi connectivity index (χ1n) is 8.22. The Hall–Kier alpha value is -1.75. The summed E-state index contributed by atoms with van der Waals surface area (Å²) < 4.78 is 0. The monoisotopic (exact) mass is 315 g/mol. The highest BCUT2D eigenvalue weighted by Gasteiger charge is 1.97. The average Bonchev–Trinajstić information content (AvgIpc) is 2.59. The van der Waals surface area contributed by atoms with Crippen LogP contribution >= 0.6 is 0 Å². The van der Waals surface area contributed by atoms with Crippen LogP contribution in [0.4, 0.5) is 0 Å². The molecule has 0 unspecified atom stereocenters. The molecule has 0 heterocycles. The number of benzene rings is 2. The highest BCUT2D eigenvalue weighted by atomic mass is 16.1. The minimum absolute atomic E-state index is 0.501. The van der Waals surface area contributed by atoms with Crippen molar-refractivity contribution in [1.29, 1.82) is 0 Å². The maximum absolute atomic E-state index is 10.4. The number of aldehydes is 1. The van der Waals surface area contributed by atoms with Gasteiger partial charge in [0.2, 0.25) is 0 Å². The average molecular weight is 315 g/mol. The zero-order valence-corrected chi connectivity index (χ0v) is 14.1. The Morgan fingerprint density at radius 3 is 2.17 bits per heavy atom. The third-order valence-corrected chi connectivity index (χ3v) is 3.67. The van der Waals surface area contributed by atoms with Crippen molar-refractivity contribution in [1.82, 2.24) is 4.90 Å². The van der Waals surface area contributed by atoms with Gasteiger partial charge in [-0.05, 0) is 62.4 Å². The van der Waals surface area contributed by atoms with Gasteiger partial charge >= 0.3 is 0 Å². The van der Waals surface area contributed by atoms with Crippen LogP contribution in [0.3, 0.4) is 0 Å². The maximum Gasteiger partial charge on any atom is 0.124 e. The van der Waals surface area contributed by atoms with Gasteiger partial charge in [-0.3, -0.25) is 0 Å². The number of fused-ring (bicyclic) bond motifs is 1. The molecular formula is C19H29N3O. The van der Waals surface area contributed by atoms with Gasteiger partial charge in [-0.25, -0.2) is 0 Å². The first kappa shape index (κ1) is 19.3. The van der Waals surface area contributed by atoms with E-state index in [0.29, 0.717) is 6.42 Å². The van der Waals surface area contributed by atoms with E-state index in [2.05, 4.69) is 24.1 Å². The topological polar surface area (TPSA) is 72.3 Å². The van der Waals surface area contributed by atoms with Gasteiger partial charge < -0.3 is 21.2 Å². The second-order valence-electron chi connectivity index (χ2n) is 5.60. The number of hydrogen-bond donors (Lipinski definition) is 2. The molecular weight excluding hydrogens is 286 g/mol. The molecule has 4 N–H and O–H groups in total. The molecule has 0 bridgehead atoms. The second kappa shape index (κ2) is 11.8. The summed E-state index contributed by atoms with van der Waals surface area (Å²) in [4.78, 5) is 12.7. The van der Waals surface area contributed by atoms with E-state index in [4.69, 9.17) is 11.5 Å². The Labute approximate surface area is 139 Å². The Balaban J connectivity index is 0.000000241. The van der Waals surface area contributed by atoms with E-state index in [1.165, 1.54) is 10.8 Å². The van der Waals surface area contributed by atoms with Crippen LogP contribution in [-0.4, -0.2) is 44.4 Å². The van der Waals surface area contributed by atoms with Crippen LogP contribution in [0.25, 0.3) is 10.8 Å². The van der Waals surface area contributed by atoms with Crippen molar-refractivity contribution in [3.8, 4) is 0 Å². The summed E-state index contributed by atoms with van der Waals surface area (Å²) in [5.41, 5.74) is 11.8. The summed E-state index contributed by atoms with van der Waals surface area (Å²) in [6, 6.07) is 14.2. The molecule has 2 rings (SSSR count).